The van der Waals surface area contributed by atoms with Crippen molar-refractivity contribution in [1.29, 1.82) is 0 Å². The molecular weight excluding hydrogens is 120 g/mol. The standard InChI is InChI=1S/C8H12.C2H6/c1-6-4-7(2)8(3)5-6;1-2/h1,4-5H2,2-3H3;1-2H3. The molecule has 0 aromatic rings. The number of rotatable bonds is 0. The van der Waals surface area contributed by atoms with Gasteiger partial charge in [0.05, 0.1) is 0 Å². The van der Waals surface area contributed by atoms with Crippen LogP contribution in [0.4, 0.5) is 0 Å². The molecule has 0 amide bonds. The Labute approximate surface area is 64.6 Å². The zero-order valence-electron chi connectivity index (χ0n) is 7.62. The third-order valence-corrected chi connectivity index (χ3v) is 1.76. The lowest BCUT2D eigenvalue weighted by Gasteiger charge is -1.86. The van der Waals surface area contributed by atoms with E-state index in [1.807, 2.05) is 13.8 Å². The molecule has 0 saturated carbocycles. The summed E-state index contributed by atoms with van der Waals surface area (Å²) in [6, 6.07) is 0. The van der Waals surface area contributed by atoms with Crippen LogP contribution >= 0.6 is 0 Å². The summed E-state index contributed by atoms with van der Waals surface area (Å²) in [6.07, 6.45) is 2.29. The smallest absolute Gasteiger partial charge is 0.0108 e. The topological polar surface area (TPSA) is 0 Å². The first-order valence-electron chi connectivity index (χ1n) is 4.02. The quantitative estimate of drug-likeness (QED) is 0.448. The third kappa shape index (κ3) is 2.38. The lowest BCUT2D eigenvalue weighted by Crippen LogP contribution is -1.66. The summed E-state index contributed by atoms with van der Waals surface area (Å²) >= 11 is 0. The van der Waals surface area contributed by atoms with Crippen molar-refractivity contribution in [3.63, 3.8) is 0 Å². The minimum Gasteiger partial charge on any atom is -0.0992 e. The Hall–Kier alpha value is -0.520. The van der Waals surface area contributed by atoms with E-state index in [0.717, 1.165) is 12.8 Å². The Morgan fingerprint density at radius 2 is 1.30 bits per heavy atom. The van der Waals surface area contributed by atoms with E-state index >= 15 is 0 Å². The van der Waals surface area contributed by atoms with E-state index in [-0.39, 0.29) is 0 Å². The molecule has 0 heterocycles. The number of hydrogen-bond donors (Lipinski definition) is 0. The Balaban J connectivity index is 0.000000371. The van der Waals surface area contributed by atoms with E-state index in [9.17, 15) is 0 Å². The van der Waals surface area contributed by atoms with Gasteiger partial charge in [0.2, 0.25) is 0 Å². The number of hydrogen-bond acceptors (Lipinski definition) is 0. The highest BCUT2D eigenvalue weighted by Gasteiger charge is 2.08. The summed E-state index contributed by atoms with van der Waals surface area (Å²) in [7, 11) is 0. The summed E-state index contributed by atoms with van der Waals surface area (Å²) in [5, 5.41) is 0. The van der Waals surface area contributed by atoms with E-state index in [1.165, 1.54) is 16.7 Å². The average Bonchev–Trinajstić information content (AvgIpc) is 2.16. The Morgan fingerprint density at radius 1 is 1.00 bits per heavy atom. The fraction of sp³-hybridized carbons (Fsp3) is 0.600. The molecule has 0 spiro atoms. The molecule has 1 aliphatic carbocycles. The fourth-order valence-electron chi connectivity index (χ4n) is 1.11. The van der Waals surface area contributed by atoms with Crippen LogP contribution in [-0.4, -0.2) is 0 Å². The summed E-state index contributed by atoms with van der Waals surface area (Å²) < 4.78 is 0. The Bertz CT molecular complexity index is 133. The second-order valence-electron chi connectivity index (χ2n) is 2.66. The molecular formula is C10H18. The van der Waals surface area contributed by atoms with E-state index in [2.05, 4.69) is 20.4 Å². The lowest BCUT2D eigenvalue weighted by molar-refractivity contribution is 1.15. The third-order valence-electron chi connectivity index (χ3n) is 1.76. The predicted molar refractivity (Wildman–Crippen MR) is 48.1 cm³/mol. The minimum absolute atomic E-state index is 1.14. The van der Waals surface area contributed by atoms with E-state index in [1.54, 1.807) is 0 Å². The van der Waals surface area contributed by atoms with E-state index < -0.39 is 0 Å². The highest BCUT2D eigenvalue weighted by molar-refractivity contribution is 5.28. The van der Waals surface area contributed by atoms with E-state index in [0.29, 0.717) is 0 Å². The van der Waals surface area contributed by atoms with Crippen molar-refractivity contribution < 1.29 is 0 Å². The molecule has 1 rings (SSSR count). The summed E-state index contributed by atoms with van der Waals surface area (Å²) in [4.78, 5) is 0. The molecule has 58 valence electrons. The van der Waals surface area contributed by atoms with E-state index in [4.69, 9.17) is 0 Å². The normalized spacial score (nSPS) is 17.0. The van der Waals surface area contributed by atoms with Crippen LogP contribution in [0.5, 0.6) is 0 Å². The molecule has 0 bridgehead atoms. The van der Waals surface area contributed by atoms with Gasteiger partial charge in [-0.25, -0.2) is 0 Å². The Morgan fingerprint density at radius 3 is 1.40 bits per heavy atom. The van der Waals surface area contributed by atoms with Crippen LogP contribution in [0.1, 0.15) is 40.5 Å². The molecule has 0 nitrogen and oxygen atoms in total. The molecule has 1 aliphatic rings. The fourth-order valence-corrected chi connectivity index (χ4v) is 1.11. The van der Waals surface area contributed by atoms with Crippen LogP contribution in [0.25, 0.3) is 0 Å². The molecule has 0 fully saturated rings. The van der Waals surface area contributed by atoms with Gasteiger partial charge in [0.25, 0.3) is 0 Å². The summed E-state index contributed by atoms with van der Waals surface area (Å²) in [6.45, 7) is 12.3. The monoisotopic (exact) mass is 138 g/mol. The van der Waals surface area contributed by atoms with Gasteiger partial charge in [-0.2, -0.15) is 0 Å². The van der Waals surface area contributed by atoms with Gasteiger partial charge < -0.3 is 0 Å². The largest absolute Gasteiger partial charge is 0.0992 e. The van der Waals surface area contributed by atoms with Crippen LogP contribution in [0.15, 0.2) is 23.3 Å². The molecule has 0 aromatic carbocycles. The lowest BCUT2D eigenvalue weighted by atomic mass is 10.2. The van der Waals surface area contributed by atoms with Gasteiger partial charge in [0.1, 0.15) is 0 Å². The molecule has 0 aromatic heterocycles. The van der Waals surface area contributed by atoms with Crippen LogP contribution < -0.4 is 0 Å². The first kappa shape index (κ1) is 9.48. The van der Waals surface area contributed by atoms with Crippen LogP contribution in [-0.2, 0) is 0 Å². The van der Waals surface area contributed by atoms with Crippen molar-refractivity contribution in [1.82, 2.24) is 0 Å². The zero-order valence-corrected chi connectivity index (χ0v) is 7.62. The molecule has 0 heteroatoms. The summed E-state index contributed by atoms with van der Waals surface area (Å²) in [5.74, 6) is 0. The van der Waals surface area contributed by atoms with Crippen molar-refractivity contribution in [2.75, 3.05) is 0 Å². The van der Waals surface area contributed by atoms with Crippen molar-refractivity contribution in [3.05, 3.63) is 23.3 Å². The van der Waals surface area contributed by atoms with Crippen molar-refractivity contribution in [3.8, 4) is 0 Å². The maximum absolute atomic E-state index is 3.91. The highest BCUT2D eigenvalue weighted by atomic mass is 14.1. The number of allylic oxidation sites excluding steroid dienone is 3. The maximum Gasteiger partial charge on any atom is -0.0108 e. The average molecular weight is 138 g/mol. The zero-order chi connectivity index (χ0) is 8.15. The molecule has 0 unspecified atom stereocenters. The van der Waals surface area contributed by atoms with Crippen LogP contribution in [0, 0.1) is 0 Å². The molecule has 0 aliphatic heterocycles. The second kappa shape index (κ2) is 4.32. The summed E-state index contributed by atoms with van der Waals surface area (Å²) in [5.41, 5.74) is 4.42. The first-order chi connectivity index (χ1) is 4.70. The van der Waals surface area contributed by atoms with Crippen LogP contribution in [0.2, 0.25) is 0 Å². The van der Waals surface area contributed by atoms with Gasteiger partial charge in [0.15, 0.2) is 0 Å². The highest BCUT2D eigenvalue weighted by Crippen LogP contribution is 2.28. The second-order valence-corrected chi connectivity index (χ2v) is 2.66. The maximum atomic E-state index is 3.91. The van der Waals surface area contributed by atoms with Crippen molar-refractivity contribution in [2.45, 2.75) is 40.5 Å². The molecule has 10 heavy (non-hydrogen) atoms. The van der Waals surface area contributed by atoms with Crippen molar-refractivity contribution >= 4 is 0 Å². The van der Waals surface area contributed by atoms with Gasteiger partial charge >= 0.3 is 0 Å². The molecule has 0 radical (unpaired) electrons. The first-order valence-corrected chi connectivity index (χ1v) is 4.02. The van der Waals surface area contributed by atoms with Gasteiger partial charge in [-0.15, -0.1) is 0 Å². The van der Waals surface area contributed by atoms with Crippen LogP contribution in [0.3, 0.4) is 0 Å². The predicted octanol–water partition coefficient (Wildman–Crippen LogP) is 3.70. The Kier molecular flexibility index (Phi) is 4.10. The van der Waals surface area contributed by atoms with Crippen molar-refractivity contribution in [2.24, 2.45) is 0 Å². The molecule has 0 atom stereocenters. The van der Waals surface area contributed by atoms with Gasteiger partial charge in [0, 0.05) is 0 Å². The van der Waals surface area contributed by atoms with Gasteiger partial charge in [-0.1, -0.05) is 37.1 Å². The molecule has 0 N–H and O–H groups in total. The minimum atomic E-state index is 1.14. The molecule has 0 saturated heterocycles. The van der Waals surface area contributed by atoms with Gasteiger partial charge in [-0.05, 0) is 26.7 Å². The SMILES string of the molecule is C=C1CC(C)=C(C)C1.CC. The van der Waals surface area contributed by atoms with Gasteiger partial charge in [-0.3, -0.25) is 0 Å².